The van der Waals surface area contributed by atoms with Crippen LogP contribution in [0.1, 0.15) is 34.6 Å². The Bertz CT molecular complexity index is 868. The lowest BCUT2D eigenvalue weighted by atomic mass is 9.99. The summed E-state index contributed by atoms with van der Waals surface area (Å²) in [5.41, 5.74) is 4.48. The Morgan fingerprint density at radius 2 is 2.00 bits per heavy atom. The Morgan fingerprint density at radius 1 is 1.25 bits per heavy atom. The van der Waals surface area contributed by atoms with E-state index in [2.05, 4.69) is 18.0 Å². The van der Waals surface area contributed by atoms with Gasteiger partial charge in [-0.25, -0.2) is 4.98 Å². The predicted octanol–water partition coefficient (Wildman–Crippen LogP) is 2.23. The number of carbonyl (C=O) groups excluding carboxylic acids is 1. The van der Waals surface area contributed by atoms with Crippen LogP contribution in [0.15, 0.2) is 23.0 Å². The van der Waals surface area contributed by atoms with Gasteiger partial charge >= 0.3 is 0 Å². The summed E-state index contributed by atoms with van der Waals surface area (Å²) in [5, 5.41) is 0. The lowest BCUT2D eigenvalue weighted by Gasteiger charge is -2.30. The van der Waals surface area contributed by atoms with Crippen LogP contribution in [-0.2, 0) is 24.7 Å². The molecule has 126 valence electrons. The highest BCUT2D eigenvalue weighted by Gasteiger charge is 2.24. The fourth-order valence-corrected chi connectivity index (χ4v) is 3.27. The van der Waals surface area contributed by atoms with Crippen LogP contribution in [0, 0.1) is 20.8 Å². The molecule has 1 aliphatic rings. The first-order valence-corrected chi connectivity index (χ1v) is 8.31. The van der Waals surface area contributed by atoms with Crippen LogP contribution >= 0.6 is 0 Å². The fourth-order valence-electron chi connectivity index (χ4n) is 3.27. The molecule has 1 amide bonds. The Balaban J connectivity index is 1.91. The molecule has 0 radical (unpaired) electrons. The Labute approximate surface area is 141 Å². The fraction of sp³-hybridized carbons (Fsp3) is 0.421. The average Bonchev–Trinajstić information content (AvgIpc) is 2.56. The van der Waals surface area contributed by atoms with E-state index in [0.29, 0.717) is 17.1 Å². The van der Waals surface area contributed by atoms with Crippen molar-refractivity contribution in [2.24, 2.45) is 7.05 Å². The number of hydrogen-bond acceptors (Lipinski definition) is 3. The van der Waals surface area contributed by atoms with E-state index in [1.807, 2.05) is 17.0 Å². The van der Waals surface area contributed by atoms with Crippen LogP contribution in [0.4, 0.5) is 5.69 Å². The summed E-state index contributed by atoms with van der Waals surface area (Å²) in [7, 11) is 1.70. The van der Waals surface area contributed by atoms with E-state index < -0.39 is 0 Å². The van der Waals surface area contributed by atoms with Crippen molar-refractivity contribution in [2.75, 3.05) is 11.4 Å². The summed E-state index contributed by atoms with van der Waals surface area (Å²) in [6.45, 7) is 6.31. The second kappa shape index (κ2) is 6.23. The van der Waals surface area contributed by atoms with Crippen molar-refractivity contribution >= 4 is 11.6 Å². The van der Waals surface area contributed by atoms with Gasteiger partial charge in [-0.1, -0.05) is 17.7 Å². The molecule has 0 N–H and O–H groups in total. The SMILES string of the molecule is Cc1ccc2c(c1)CCCN2C(=O)Cc1nc(C)n(C)c(=O)c1C. The van der Waals surface area contributed by atoms with Gasteiger partial charge in [0.1, 0.15) is 5.82 Å². The van der Waals surface area contributed by atoms with Crippen molar-refractivity contribution in [3.8, 4) is 0 Å². The highest BCUT2D eigenvalue weighted by molar-refractivity contribution is 5.95. The van der Waals surface area contributed by atoms with Gasteiger partial charge in [0.05, 0.1) is 12.1 Å². The van der Waals surface area contributed by atoms with Crippen LogP contribution < -0.4 is 10.5 Å². The van der Waals surface area contributed by atoms with Crippen molar-refractivity contribution in [3.05, 3.63) is 56.8 Å². The molecule has 2 heterocycles. The zero-order chi connectivity index (χ0) is 17.4. The Hall–Kier alpha value is -2.43. The molecule has 1 aliphatic heterocycles. The number of carbonyl (C=O) groups is 1. The molecule has 0 saturated carbocycles. The molecule has 2 aromatic rings. The van der Waals surface area contributed by atoms with E-state index in [4.69, 9.17) is 0 Å². The number of fused-ring (bicyclic) bond motifs is 1. The molecule has 0 bridgehead atoms. The normalized spacial score (nSPS) is 13.8. The van der Waals surface area contributed by atoms with E-state index in [1.165, 1.54) is 15.7 Å². The highest BCUT2D eigenvalue weighted by Crippen LogP contribution is 2.28. The van der Waals surface area contributed by atoms with Gasteiger partial charge < -0.3 is 4.90 Å². The number of nitrogens with zero attached hydrogens (tertiary/aromatic N) is 3. The minimum Gasteiger partial charge on any atom is -0.312 e. The summed E-state index contributed by atoms with van der Waals surface area (Å²) in [6, 6.07) is 6.22. The second-order valence-electron chi connectivity index (χ2n) is 6.55. The van der Waals surface area contributed by atoms with Gasteiger partial charge in [-0.2, -0.15) is 0 Å². The third-order valence-electron chi connectivity index (χ3n) is 4.81. The van der Waals surface area contributed by atoms with E-state index in [-0.39, 0.29) is 17.9 Å². The van der Waals surface area contributed by atoms with Crippen LogP contribution in [0.5, 0.6) is 0 Å². The lowest BCUT2D eigenvalue weighted by molar-refractivity contribution is -0.118. The molecular weight excluding hydrogens is 302 g/mol. The lowest BCUT2D eigenvalue weighted by Crippen LogP contribution is -2.37. The molecule has 0 spiro atoms. The van der Waals surface area contributed by atoms with E-state index >= 15 is 0 Å². The van der Waals surface area contributed by atoms with Crippen LogP contribution in [0.2, 0.25) is 0 Å². The number of hydrogen-bond donors (Lipinski definition) is 0. The Morgan fingerprint density at radius 3 is 2.75 bits per heavy atom. The second-order valence-corrected chi connectivity index (χ2v) is 6.55. The monoisotopic (exact) mass is 325 g/mol. The number of rotatable bonds is 2. The minimum absolute atomic E-state index is 0.00283. The van der Waals surface area contributed by atoms with Gasteiger partial charge in [0, 0.05) is 24.8 Å². The van der Waals surface area contributed by atoms with Crippen LogP contribution in [0.3, 0.4) is 0 Å². The molecule has 24 heavy (non-hydrogen) atoms. The first kappa shape index (κ1) is 16.4. The third-order valence-corrected chi connectivity index (χ3v) is 4.81. The Kier molecular flexibility index (Phi) is 4.26. The van der Waals surface area contributed by atoms with Crippen molar-refractivity contribution in [2.45, 2.75) is 40.0 Å². The highest BCUT2D eigenvalue weighted by atomic mass is 16.2. The average molecular weight is 325 g/mol. The summed E-state index contributed by atoms with van der Waals surface area (Å²) in [4.78, 5) is 31.3. The molecule has 5 heteroatoms. The van der Waals surface area contributed by atoms with Crippen molar-refractivity contribution in [1.82, 2.24) is 9.55 Å². The standard InChI is InChI=1S/C19H23N3O2/c1-12-7-8-17-15(10-12)6-5-9-22(17)18(23)11-16-13(2)19(24)21(4)14(3)20-16/h7-8,10H,5-6,9,11H2,1-4H3. The summed E-state index contributed by atoms with van der Waals surface area (Å²) >= 11 is 0. The number of aryl methyl sites for hydroxylation is 3. The van der Waals surface area contributed by atoms with Gasteiger partial charge in [-0.3, -0.25) is 14.2 Å². The largest absolute Gasteiger partial charge is 0.312 e. The number of aromatic nitrogens is 2. The molecule has 1 aromatic heterocycles. The topological polar surface area (TPSA) is 55.2 Å². The first-order valence-electron chi connectivity index (χ1n) is 8.31. The molecule has 5 nitrogen and oxygen atoms in total. The molecule has 0 unspecified atom stereocenters. The van der Waals surface area contributed by atoms with E-state index in [1.54, 1.807) is 20.9 Å². The number of amides is 1. The molecule has 1 aromatic carbocycles. The summed E-state index contributed by atoms with van der Waals surface area (Å²) in [5.74, 6) is 0.631. The van der Waals surface area contributed by atoms with E-state index in [9.17, 15) is 9.59 Å². The number of anilines is 1. The molecule has 0 atom stereocenters. The van der Waals surface area contributed by atoms with Crippen molar-refractivity contribution in [3.63, 3.8) is 0 Å². The third kappa shape index (κ3) is 2.86. The summed E-state index contributed by atoms with van der Waals surface area (Å²) < 4.78 is 1.52. The van der Waals surface area contributed by atoms with Gasteiger partial charge in [-0.15, -0.1) is 0 Å². The van der Waals surface area contributed by atoms with Crippen molar-refractivity contribution in [1.29, 1.82) is 0 Å². The zero-order valence-electron chi connectivity index (χ0n) is 14.7. The van der Waals surface area contributed by atoms with Gasteiger partial charge in [-0.05, 0) is 45.2 Å². The smallest absolute Gasteiger partial charge is 0.256 e. The van der Waals surface area contributed by atoms with Crippen LogP contribution in [0.25, 0.3) is 0 Å². The van der Waals surface area contributed by atoms with Gasteiger partial charge in [0.15, 0.2) is 0 Å². The quantitative estimate of drug-likeness (QED) is 0.851. The zero-order valence-corrected chi connectivity index (χ0v) is 14.7. The van der Waals surface area contributed by atoms with Gasteiger partial charge in [0.25, 0.3) is 5.56 Å². The maximum absolute atomic E-state index is 12.9. The molecule has 0 aliphatic carbocycles. The molecule has 0 saturated heterocycles. The first-order chi connectivity index (χ1) is 11.4. The molecular formula is C19H23N3O2. The van der Waals surface area contributed by atoms with E-state index in [0.717, 1.165) is 25.1 Å². The molecule has 0 fully saturated rings. The molecule has 3 rings (SSSR count). The summed E-state index contributed by atoms with van der Waals surface area (Å²) in [6.07, 6.45) is 2.13. The minimum atomic E-state index is -0.0834. The maximum atomic E-state index is 12.9. The van der Waals surface area contributed by atoms with Crippen LogP contribution in [-0.4, -0.2) is 22.0 Å². The maximum Gasteiger partial charge on any atom is 0.256 e. The van der Waals surface area contributed by atoms with Gasteiger partial charge in [0.2, 0.25) is 5.91 Å². The van der Waals surface area contributed by atoms with Crippen molar-refractivity contribution < 1.29 is 4.79 Å². The predicted molar refractivity (Wildman–Crippen MR) is 94.5 cm³/mol. The number of benzene rings is 1.